The minimum absolute atomic E-state index is 0. The molecule has 0 saturated heterocycles. The maximum Gasteiger partial charge on any atom is 0.291 e. The Bertz CT molecular complexity index is 1000. The molecule has 3 N–H and O–H groups in total. The van der Waals surface area contributed by atoms with E-state index in [2.05, 4.69) is 40.0 Å². The van der Waals surface area contributed by atoms with Gasteiger partial charge in [0.1, 0.15) is 5.75 Å². The number of guanidine groups is 1. The molecule has 0 radical (unpaired) electrons. The minimum Gasteiger partial charge on any atom is -0.497 e. The highest BCUT2D eigenvalue weighted by Gasteiger charge is 2.09. The van der Waals surface area contributed by atoms with Gasteiger partial charge in [-0.2, -0.15) is 0 Å². The van der Waals surface area contributed by atoms with Crippen molar-refractivity contribution in [1.82, 2.24) is 10.6 Å². The molecular formula is C25H31IN4O3. The van der Waals surface area contributed by atoms with E-state index < -0.39 is 0 Å². The Morgan fingerprint density at radius 3 is 2.39 bits per heavy atom. The quantitative estimate of drug-likeness (QED) is 0.194. The summed E-state index contributed by atoms with van der Waals surface area (Å²) in [5.41, 5.74) is 3.08. The topological polar surface area (TPSA) is 87.9 Å². The zero-order valence-corrected chi connectivity index (χ0v) is 21.5. The molecule has 1 aromatic heterocycles. The molecule has 1 amide bonds. The SMILES string of the molecule is CN=C(NCCC(C)c1ccc(OC)cc1)NCc1ccc(NC(=O)c2ccco2)cc1.I. The number of aliphatic imine (C=N–C) groups is 1. The van der Waals surface area contributed by atoms with Crippen molar-refractivity contribution < 1.29 is 13.9 Å². The van der Waals surface area contributed by atoms with Crippen LogP contribution in [-0.2, 0) is 6.54 Å². The molecule has 1 atom stereocenters. The van der Waals surface area contributed by atoms with E-state index in [0.29, 0.717) is 18.2 Å². The van der Waals surface area contributed by atoms with Gasteiger partial charge in [-0.3, -0.25) is 9.79 Å². The number of methoxy groups -OCH3 is 1. The van der Waals surface area contributed by atoms with Crippen LogP contribution in [0.25, 0.3) is 0 Å². The van der Waals surface area contributed by atoms with Crippen LogP contribution in [0, 0.1) is 0 Å². The molecule has 1 heterocycles. The number of benzene rings is 2. The maximum absolute atomic E-state index is 12.0. The number of nitrogens with one attached hydrogen (secondary N) is 3. The highest BCUT2D eigenvalue weighted by atomic mass is 127. The predicted octanol–water partition coefficient (Wildman–Crippen LogP) is 5.02. The molecule has 0 saturated carbocycles. The van der Waals surface area contributed by atoms with Crippen LogP contribution in [0.3, 0.4) is 0 Å². The molecule has 0 aliphatic heterocycles. The number of halogens is 1. The Labute approximate surface area is 212 Å². The van der Waals surface area contributed by atoms with Crippen molar-refractivity contribution in [3.05, 3.63) is 83.8 Å². The van der Waals surface area contributed by atoms with Gasteiger partial charge in [-0.1, -0.05) is 31.2 Å². The first-order valence-corrected chi connectivity index (χ1v) is 10.6. The number of rotatable bonds is 9. The zero-order valence-electron chi connectivity index (χ0n) is 19.1. The average Bonchev–Trinajstić information content (AvgIpc) is 3.37. The maximum atomic E-state index is 12.0. The lowest BCUT2D eigenvalue weighted by atomic mass is 9.98. The summed E-state index contributed by atoms with van der Waals surface area (Å²) < 4.78 is 10.3. The number of hydrogen-bond acceptors (Lipinski definition) is 4. The second-order valence-electron chi connectivity index (χ2n) is 7.44. The molecule has 2 aromatic carbocycles. The molecule has 3 rings (SSSR count). The minimum atomic E-state index is -0.269. The highest BCUT2D eigenvalue weighted by Crippen LogP contribution is 2.21. The molecule has 33 heavy (non-hydrogen) atoms. The van der Waals surface area contributed by atoms with Gasteiger partial charge in [0.2, 0.25) is 0 Å². The number of carbonyl (C=O) groups excluding carboxylic acids is 1. The van der Waals surface area contributed by atoms with E-state index in [1.165, 1.54) is 11.8 Å². The Balaban J connectivity index is 0.00000385. The van der Waals surface area contributed by atoms with Crippen LogP contribution in [0.2, 0.25) is 0 Å². The lowest BCUT2D eigenvalue weighted by Gasteiger charge is -2.15. The predicted molar refractivity (Wildman–Crippen MR) is 143 cm³/mol. The van der Waals surface area contributed by atoms with Crippen molar-refractivity contribution >= 4 is 41.5 Å². The van der Waals surface area contributed by atoms with E-state index in [1.54, 1.807) is 26.3 Å². The Kier molecular flexibility index (Phi) is 10.8. The Morgan fingerprint density at radius 1 is 1.06 bits per heavy atom. The molecule has 0 fully saturated rings. The standard InChI is InChI=1S/C25H30N4O3.HI/c1-18(20-8-12-22(31-3)13-9-20)14-15-27-25(26-2)28-17-19-6-10-21(11-7-19)29-24(30)23-5-4-16-32-23;/h4-13,16,18H,14-15,17H2,1-3H3,(H,29,30)(H2,26,27,28);1H. The smallest absolute Gasteiger partial charge is 0.291 e. The van der Waals surface area contributed by atoms with Crippen LogP contribution in [0.4, 0.5) is 5.69 Å². The van der Waals surface area contributed by atoms with Gasteiger partial charge in [0.15, 0.2) is 11.7 Å². The number of hydrogen-bond donors (Lipinski definition) is 3. The molecule has 0 spiro atoms. The van der Waals surface area contributed by atoms with Crippen LogP contribution < -0.4 is 20.7 Å². The number of anilines is 1. The van der Waals surface area contributed by atoms with Gasteiger partial charge in [-0.25, -0.2) is 0 Å². The molecule has 176 valence electrons. The highest BCUT2D eigenvalue weighted by molar-refractivity contribution is 14.0. The van der Waals surface area contributed by atoms with Gasteiger partial charge >= 0.3 is 0 Å². The number of ether oxygens (including phenoxy) is 1. The van der Waals surface area contributed by atoms with Gasteiger partial charge in [-0.15, -0.1) is 24.0 Å². The molecule has 8 heteroatoms. The molecule has 1 unspecified atom stereocenters. The Hall–Kier alpha value is -3.01. The van der Waals surface area contributed by atoms with Crippen molar-refractivity contribution in [1.29, 1.82) is 0 Å². The van der Waals surface area contributed by atoms with Crippen molar-refractivity contribution in [3.63, 3.8) is 0 Å². The summed E-state index contributed by atoms with van der Waals surface area (Å²) in [7, 11) is 3.44. The van der Waals surface area contributed by atoms with Gasteiger partial charge in [0.25, 0.3) is 5.91 Å². The fourth-order valence-electron chi connectivity index (χ4n) is 3.22. The van der Waals surface area contributed by atoms with Gasteiger partial charge in [0, 0.05) is 25.8 Å². The van der Waals surface area contributed by atoms with E-state index in [1.807, 2.05) is 36.4 Å². The van der Waals surface area contributed by atoms with Gasteiger partial charge < -0.3 is 25.1 Å². The number of amides is 1. The van der Waals surface area contributed by atoms with Gasteiger partial charge in [0.05, 0.1) is 13.4 Å². The van der Waals surface area contributed by atoms with Crippen LogP contribution in [-0.4, -0.2) is 32.6 Å². The first kappa shape index (κ1) is 26.2. The number of furan rings is 1. The number of carbonyl (C=O) groups is 1. The van der Waals surface area contributed by atoms with E-state index in [0.717, 1.165) is 30.2 Å². The largest absolute Gasteiger partial charge is 0.497 e. The van der Waals surface area contributed by atoms with Crippen molar-refractivity contribution in [2.75, 3.05) is 26.0 Å². The molecule has 7 nitrogen and oxygen atoms in total. The summed E-state index contributed by atoms with van der Waals surface area (Å²) in [6.07, 6.45) is 2.46. The third-order valence-corrected chi connectivity index (χ3v) is 5.19. The van der Waals surface area contributed by atoms with Crippen LogP contribution in [0.15, 0.2) is 76.3 Å². The van der Waals surface area contributed by atoms with Crippen molar-refractivity contribution in [2.24, 2.45) is 4.99 Å². The average molecular weight is 562 g/mol. The monoisotopic (exact) mass is 562 g/mol. The fourth-order valence-corrected chi connectivity index (χ4v) is 3.22. The van der Waals surface area contributed by atoms with Crippen LogP contribution in [0.1, 0.15) is 40.9 Å². The summed E-state index contributed by atoms with van der Waals surface area (Å²) in [5, 5.41) is 9.49. The Morgan fingerprint density at radius 2 is 1.79 bits per heavy atom. The fraction of sp³-hybridized carbons (Fsp3) is 0.280. The van der Waals surface area contributed by atoms with E-state index in [4.69, 9.17) is 9.15 Å². The van der Waals surface area contributed by atoms with Crippen molar-refractivity contribution in [3.8, 4) is 5.75 Å². The third-order valence-electron chi connectivity index (χ3n) is 5.19. The summed E-state index contributed by atoms with van der Waals surface area (Å²) >= 11 is 0. The van der Waals surface area contributed by atoms with Crippen molar-refractivity contribution in [2.45, 2.75) is 25.8 Å². The second-order valence-corrected chi connectivity index (χ2v) is 7.44. The third kappa shape index (κ3) is 8.12. The normalized spacial score (nSPS) is 11.8. The second kappa shape index (κ2) is 13.5. The lowest BCUT2D eigenvalue weighted by molar-refractivity contribution is 0.0996. The zero-order chi connectivity index (χ0) is 22.8. The van der Waals surface area contributed by atoms with Gasteiger partial charge in [-0.05, 0) is 59.9 Å². The molecular weight excluding hydrogens is 531 g/mol. The lowest BCUT2D eigenvalue weighted by Crippen LogP contribution is -2.37. The summed E-state index contributed by atoms with van der Waals surface area (Å²) in [6.45, 7) is 3.65. The summed E-state index contributed by atoms with van der Waals surface area (Å²) in [5.74, 6) is 2.07. The molecule has 0 aliphatic rings. The van der Waals surface area contributed by atoms with Crippen LogP contribution in [0.5, 0.6) is 5.75 Å². The molecule has 3 aromatic rings. The summed E-state index contributed by atoms with van der Waals surface area (Å²) in [6, 6.07) is 19.2. The number of nitrogens with zero attached hydrogens (tertiary/aromatic N) is 1. The van der Waals surface area contributed by atoms with E-state index >= 15 is 0 Å². The van der Waals surface area contributed by atoms with E-state index in [-0.39, 0.29) is 35.6 Å². The van der Waals surface area contributed by atoms with Crippen LogP contribution >= 0.6 is 24.0 Å². The molecule has 0 aliphatic carbocycles. The van der Waals surface area contributed by atoms with E-state index in [9.17, 15) is 4.79 Å². The summed E-state index contributed by atoms with van der Waals surface area (Å²) in [4.78, 5) is 16.3. The first-order valence-electron chi connectivity index (χ1n) is 10.6. The molecule has 0 bridgehead atoms. The first-order chi connectivity index (χ1) is 15.6.